The molecule has 3 aromatic rings. The van der Waals surface area contributed by atoms with Crippen LogP contribution in [0.15, 0.2) is 66.7 Å². The van der Waals surface area contributed by atoms with Crippen LogP contribution in [-0.2, 0) is 20.7 Å². The summed E-state index contributed by atoms with van der Waals surface area (Å²) in [6.45, 7) is 2.26. The lowest BCUT2D eigenvalue weighted by atomic mass is 10.0. The van der Waals surface area contributed by atoms with E-state index in [1.807, 2.05) is 0 Å². The average Bonchev–Trinajstić information content (AvgIpc) is 3.02. The van der Waals surface area contributed by atoms with Crippen molar-refractivity contribution in [1.82, 2.24) is 0 Å². The standard InChI is InChI=1S/C35H39F3N2O6/c1-24-30(39)22-28(23-31(24)40)34(43)46-19-5-3-2-4-18-45-33(42)16-11-25-7-9-26(10-8-25)21-32(41)27-12-14-29(15-13-27)44-20-6-17-35(36,37)38/h7-16,22-23H,2-6,17-21,39-40H2,1H3. The minimum absolute atomic E-state index is 0.0586. The normalized spacial score (nSPS) is 11.4. The molecule has 246 valence electrons. The van der Waals surface area contributed by atoms with Crippen molar-refractivity contribution in [2.45, 2.75) is 58.0 Å². The molecule has 11 heteroatoms. The molecular weight excluding hydrogens is 601 g/mol. The molecule has 0 bridgehead atoms. The highest BCUT2D eigenvalue weighted by Crippen LogP contribution is 2.23. The van der Waals surface area contributed by atoms with Gasteiger partial charge >= 0.3 is 18.1 Å². The van der Waals surface area contributed by atoms with E-state index in [0.717, 1.165) is 29.5 Å². The zero-order valence-corrected chi connectivity index (χ0v) is 25.7. The second-order valence-corrected chi connectivity index (χ2v) is 10.8. The quantitative estimate of drug-likeness (QED) is 0.0518. The van der Waals surface area contributed by atoms with E-state index in [1.165, 1.54) is 6.08 Å². The number of nitrogen functional groups attached to an aromatic ring is 2. The molecule has 0 fully saturated rings. The molecule has 0 spiro atoms. The molecule has 4 N–H and O–H groups in total. The number of anilines is 2. The molecule has 3 rings (SSSR count). The number of benzene rings is 3. The number of rotatable bonds is 17. The number of esters is 2. The van der Waals surface area contributed by atoms with Crippen LogP contribution < -0.4 is 16.2 Å². The van der Waals surface area contributed by atoms with Crippen molar-refractivity contribution >= 4 is 35.2 Å². The van der Waals surface area contributed by atoms with Crippen molar-refractivity contribution in [2.75, 3.05) is 31.3 Å². The van der Waals surface area contributed by atoms with Gasteiger partial charge in [-0.15, -0.1) is 0 Å². The fourth-order valence-electron chi connectivity index (χ4n) is 4.30. The number of halogens is 3. The smallest absolute Gasteiger partial charge is 0.389 e. The third-order valence-corrected chi connectivity index (χ3v) is 7.05. The number of hydrogen-bond donors (Lipinski definition) is 2. The predicted molar refractivity (Wildman–Crippen MR) is 170 cm³/mol. The van der Waals surface area contributed by atoms with Gasteiger partial charge in [-0.2, -0.15) is 13.2 Å². The molecule has 3 aromatic carbocycles. The molecule has 0 heterocycles. The van der Waals surface area contributed by atoms with Gasteiger partial charge in [0.15, 0.2) is 5.78 Å². The van der Waals surface area contributed by atoms with Crippen molar-refractivity contribution < 1.29 is 41.8 Å². The first-order valence-corrected chi connectivity index (χ1v) is 15.0. The third-order valence-electron chi connectivity index (χ3n) is 7.05. The van der Waals surface area contributed by atoms with Crippen molar-refractivity contribution in [2.24, 2.45) is 0 Å². The Bertz CT molecular complexity index is 1460. The second kappa shape index (κ2) is 17.6. The zero-order valence-electron chi connectivity index (χ0n) is 25.7. The van der Waals surface area contributed by atoms with E-state index in [2.05, 4.69) is 0 Å². The van der Waals surface area contributed by atoms with E-state index in [-0.39, 0.29) is 38.4 Å². The van der Waals surface area contributed by atoms with Gasteiger partial charge in [-0.3, -0.25) is 4.79 Å². The molecule has 0 saturated carbocycles. The van der Waals surface area contributed by atoms with Gasteiger partial charge in [0.05, 0.1) is 25.4 Å². The van der Waals surface area contributed by atoms with E-state index < -0.39 is 24.5 Å². The predicted octanol–water partition coefficient (Wildman–Crippen LogP) is 7.28. The van der Waals surface area contributed by atoms with Gasteiger partial charge in [0.2, 0.25) is 0 Å². The van der Waals surface area contributed by atoms with Crippen molar-refractivity contribution in [3.05, 3.63) is 94.6 Å². The topological polar surface area (TPSA) is 131 Å². The van der Waals surface area contributed by atoms with Gasteiger partial charge in [-0.25, -0.2) is 9.59 Å². The van der Waals surface area contributed by atoms with Gasteiger partial charge in [-0.1, -0.05) is 24.3 Å². The second-order valence-electron chi connectivity index (χ2n) is 10.8. The highest BCUT2D eigenvalue weighted by molar-refractivity contribution is 5.97. The SMILES string of the molecule is Cc1c(N)cc(C(=O)OCCCCCCOC(=O)C=Cc2ccc(CC(=O)c3ccc(OCCCC(F)(F)F)cc3)cc2)cc1N. The molecule has 0 saturated heterocycles. The Balaban J connectivity index is 1.28. The van der Waals surface area contributed by atoms with Gasteiger partial charge < -0.3 is 25.7 Å². The first-order chi connectivity index (χ1) is 21.9. The number of nitrogens with two attached hydrogens (primary N) is 2. The van der Waals surface area contributed by atoms with Crippen LogP contribution in [0.2, 0.25) is 0 Å². The molecule has 8 nitrogen and oxygen atoms in total. The number of hydrogen-bond acceptors (Lipinski definition) is 8. The maximum Gasteiger partial charge on any atom is 0.389 e. The molecule has 0 unspecified atom stereocenters. The average molecular weight is 641 g/mol. The zero-order chi connectivity index (χ0) is 33.5. The molecular formula is C35H39F3N2O6. The molecule has 0 radical (unpaired) electrons. The summed E-state index contributed by atoms with van der Waals surface area (Å²) in [5, 5.41) is 0. The fraction of sp³-hybridized carbons (Fsp3) is 0.343. The van der Waals surface area contributed by atoms with Crippen LogP contribution in [0.25, 0.3) is 6.08 Å². The molecule has 0 amide bonds. The summed E-state index contributed by atoms with van der Waals surface area (Å²) in [6.07, 6.45) is 0.861. The summed E-state index contributed by atoms with van der Waals surface area (Å²) in [4.78, 5) is 36.9. The maximum atomic E-state index is 12.6. The monoisotopic (exact) mass is 640 g/mol. The summed E-state index contributed by atoms with van der Waals surface area (Å²) in [6, 6.07) is 16.6. The van der Waals surface area contributed by atoms with Crippen molar-refractivity contribution in [3.8, 4) is 5.75 Å². The summed E-state index contributed by atoms with van der Waals surface area (Å²) in [5.41, 5.74) is 15.7. The molecule has 46 heavy (non-hydrogen) atoms. The number of carbonyl (C=O) groups excluding carboxylic acids is 3. The lowest BCUT2D eigenvalue weighted by Crippen LogP contribution is -2.09. The summed E-state index contributed by atoms with van der Waals surface area (Å²) in [7, 11) is 0. The number of carbonyl (C=O) groups is 3. The van der Waals surface area contributed by atoms with Crippen LogP contribution in [0.3, 0.4) is 0 Å². The van der Waals surface area contributed by atoms with Gasteiger partial charge in [0.1, 0.15) is 5.75 Å². The van der Waals surface area contributed by atoms with Crippen LogP contribution in [0.1, 0.15) is 75.9 Å². The number of ether oxygens (including phenoxy) is 3. The Hall–Kier alpha value is -4.80. The number of ketones is 1. The summed E-state index contributed by atoms with van der Waals surface area (Å²) < 4.78 is 52.5. The van der Waals surface area contributed by atoms with Crippen LogP contribution in [-0.4, -0.2) is 43.7 Å². The first-order valence-electron chi connectivity index (χ1n) is 15.0. The van der Waals surface area contributed by atoms with Crippen molar-refractivity contribution in [1.29, 1.82) is 0 Å². The largest absolute Gasteiger partial charge is 0.494 e. The summed E-state index contributed by atoms with van der Waals surface area (Å²) in [5.74, 6) is -0.643. The molecule has 0 aliphatic rings. The van der Waals surface area contributed by atoms with E-state index >= 15 is 0 Å². The molecule has 0 atom stereocenters. The van der Waals surface area contributed by atoms with E-state index in [1.54, 1.807) is 73.7 Å². The van der Waals surface area contributed by atoms with E-state index in [0.29, 0.717) is 41.1 Å². The van der Waals surface area contributed by atoms with E-state index in [9.17, 15) is 27.6 Å². The maximum absolute atomic E-state index is 12.6. The Labute approximate surface area is 266 Å². The highest BCUT2D eigenvalue weighted by atomic mass is 19.4. The van der Waals surface area contributed by atoms with Crippen LogP contribution in [0.5, 0.6) is 5.75 Å². The lowest BCUT2D eigenvalue weighted by molar-refractivity contribution is -0.138. The molecule has 0 aromatic heterocycles. The Morgan fingerprint density at radius 1 is 0.761 bits per heavy atom. The number of Topliss-reactive ketones (excluding diaryl/α,β-unsaturated/α-hetero) is 1. The third kappa shape index (κ3) is 12.7. The fourth-order valence-corrected chi connectivity index (χ4v) is 4.30. The number of unbranched alkanes of at least 4 members (excludes halogenated alkanes) is 3. The highest BCUT2D eigenvalue weighted by Gasteiger charge is 2.26. The first kappa shape index (κ1) is 35.7. The number of alkyl halides is 3. The molecule has 0 aliphatic carbocycles. The molecule has 0 aliphatic heterocycles. The van der Waals surface area contributed by atoms with Gasteiger partial charge in [0, 0.05) is 35.9 Å². The van der Waals surface area contributed by atoms with Crippen LogP contribution in [0.4, 0.5) is 24.5 Å². The lowest BCUT2D eigenvalue weighted by Gasteiger charge is -2.09. The van der Waals surface area contributed by atoms with Gasteiger partial charge in [-0.05, 0) is 98.2 Å². The Morgan fingerprint density at radius 2 is 1.37 bits per heavy atom. The van der Waals surface area contributed by atoms with E-state index in [4.69, 9.17) is 25.7 Å². The van der Waals surface area contributed by atoms with Crippen molar-refractivity contribution in [3.63, 3.8) is 0 Å². The van der Waals surface area contributed by atoms with Crippen LogP contribution >= 0.6 is 0 Å². The van der Waals surface area contributed by atoms with Gasteiger partial charge in [0.25, 0.3) is 0 Å². The minimum Gasteiger partial charge on any atom is -0.494 e. The Kier molecular flexibility index (Phi) is 13.7. The minimum atomic E-state index is -4.21. The van der Waals surface area contributed by atoms with Crippen LogP contribution in [0, 0.1) is 6.92 Å². The summed E-state index contributed by atoms with van der Waals surface area (Å²) >= 11 is 0. The Morgan fingerprint density at radius 3 is 1.98 bits per heavy atom.